The zero-order valence-electron chi connectivity index (χ0n) is 14.4. The van der Waals surface area contributed by atoms with Crippen molar-refractivity contribution in [2.45, 2.75) is 12.0 Å². The minimum absolute atomic E-state index is 0.190. The third-order valence-corrected chi connectivity index (χ3v) is 4.41. The van der Waals surface area contributed by atoms with Crippen LogP contribution in [0.4, 0.5) is 5.69 Å². The number of rotatable bonds is 6. The standard InChI is InChI=1S/C18H22N4O3/c1-19-14-10-20-16(21-11-14)17(23)22-9-8-18(12-22,24-2)13-25-15-6-4-3-5-7-15/h3-7,10-11,19H,8-9,12-13H2,1-2H3/t18-/m0/s1. The van der Waals surface area contributed by atoms with Crippen molar-refractivity contribution in [1.82, 2.24) is 14.9 Å². The summed E-state index contributed by atoms with van der Waals surface area (Å²) in [5, 5.41) is 2.93. The summed E-state index contributed by atoms with van der Waals surface area (Å²) in [6, 6.07) is 9.59. The topological polar surface area (TPSA) is 76.6 Å². The number of hydrogen-bond donors (Lipinski definition) is 1. The van der Waals surface area contributed by atoms with E-state index in [0.717, 1.165) is 11.4 Å². The van der Waals surface area contributed by atoms with Crippen LogP contribution in [0, 0.1) is 0 Å². The van der Waals surface area contributed by atoms with E-state index in [-0.39, 0.29) is 11.7 Å². The predicted molar refractivity (Wildman–Crippen MR) is 93.8 cm³/mol. The number of hydrogen-bond acceptors (Lipinski definition) is 6. The number of amides is 1. The van der Waals surface area contributed by atoms with Gasteiger partial charge in [-0.05, 0) is 18.6 Å². The number of para-hydroxylation sites is 1. The summed E-state index contributed by atoms with van der Waals surface area (Å²) >= 11 is 0. The van der Waals surface area contributed by atoms with Crippen molar-refractivity contribution < 1.29 is 14.3 Å². The van der Waals surface area contributed by atoms with Crippen molar-refractivity contribution in [3.63, 3.8) is 0 Å². The monoisotopic (exact) mass is 342 g/mol. The second-order valence-corrected chi connectivity index (χ2v) is 6.01. The van der Waals surface area contributed by atoms with Gasteiger partial charge in [-0.2, -0.15) is 0 Å². The van der Waals surface area contributed by atoms with Crippen LogP contribution in [-0.4, -0.2) is 60.2 Å². The summed E-state index contributed by atoms with van der Waals surface area (Å²) in [6.45, 7) is 1.42. The molecule has 1 aromatic heterocycles. The van der Waals surface area contributed by atoms with Gasteiger partial charge in [-0.3, -0.25) is 4.79 Å². The lowest BCUT2D eigenvalue weighted by atomic mass is 10.0. The SMILES string of the molecule is CNc1cnc(C(=O)N2CC[C@](COc3ccccc3)(OC)C2)nc1. The molecule has 1 fully saturated rings. The Hall–Kier alpha value is -2.67. The van der Waals surface area contributed by atoms with Gasteiger partial charge in [0.1, 0.15) is 18.0 Å². The number of methoxy groups -OCH3 is 1. The first-order valence-electron chi connectivity index (χ1n) is 8.18. The molecule has 0 aliphatic carbocycles. The molecule has 0 saturated carbocycles. The van der Waals surface area contributed by atoms with E-state index >= 15 is 0 Å². The molecule has 0 radical (unpaired) electrons. The fourth-order valence-corrected chi connectivity index (χ4v) is 2.80. The maximum Gasteiger partial charge on any atom is 0.291 e. The van der Waals surface area contributed by atoms with Crippen LogP contribution in [0.25, 0.3) is 0 Å². The first-order valence-corrected chi connectivity index (χ1v) is 8.18. The van der Waals surface area contributed by atoms with E-state index in [1.807, 2.05) is 30.3 Å². The van der Waals surface area contributed by atoms with Crippen molar-refractivity contribution in [2.24, 2.45) is 0 Å². The van der Waals surface area contributed by atoms with Gasteiger partial charge in [0.25, 0.3) is 5.91 Å². The third kappa shape index (κ3) is 3.88. The van der Waals surface area contributed by atoms with E-state index in [2.05, 4.69) is 15.3 Å². The maximum absolute atomic E-state index is 12.6. The molecule has 2 heterocycles. The largest absolute Gasteiger partial charge is 0.491 e. The lowest BCUT2D eigenvalue weighted by molar-refractivity contribution is -0.0343. The smallest absolute Gasteiger partial charge is 0.291 e. The number of carbonyl (C=O) groups is 1. The van der Waals surface area contributed by atoms with Crippen LogP contribution >= 0.6 is 0 Å². The lowest BCUT2D eigenvalue weighted by Gasteiger charge is -2.27. The normalized spacial score (nSPS) is 19.7. The van der Waals surface area contributed by atoms with Crippen molar-refractivity contribution in [3.8, 4) is 5.75 Å². The maximum atomic E-state index is 12.6. The average Bonchev–Trinajstić information content (AvgIpc) is 3.12. The molecule has 7 heteroatoms. The molecule has 1 atom stereocenters. The van der Waals surface area contributed by atoms with E-state index in [4.69, 9.17) is 9.47 Å². The highest BCUT2D eigenvalue weighted by Gasteiger charge is 2.41. The fourth-order valence-electron chi connectivity index (χ4n) is 2.80. The minimum atomic E-state index is -0.517. The molecule has 7 nitrogen and oxygen atoms in total. The lowest BCUT2D eigenvalue weighted by Crippen LogP contribution is -2.42. The second kappa shape index (κ2) is 7.48. The Morgan fingerprint density at radius 2 is 2.00 bits per heavy atom. The van der Waals surface area contributed by atoms with Gasteiger partial charge in [0.05, 0.1) is 24.6 Å². The van der Waals surface area contributed by atoms with E-state index in [9.17, 15) is 4.79 Å². The van der Waals surface area contributed by atoms with Crippen molar-refractivity contribution in [2.75, 3.05) is 39.2 Å². The highest BCUT2D eigenvalue weighted by Crippen LogP contribution is 2.27. The third-order valence-electron chi connectivity index (χ3n) is 4.41. The zero-order valence-corrected chi connectivity index (χ0v) is 14.4. The Morgan fingerprint density at radius 3 is 2.64 bits per heavy atom. The number of nitrogens with one attached hydrogen (secondary N) is 1. The number of nitrogens with zero attached hydrogens (tertiary/aromatic N) is 3. The van der Waals surface area contributed by atoms with Crippen molar-refractivity contribution >= 4 is 11.6 Å². The van der Waals surface area contributed by atoms with Gasteiger partial charge in [0.2, 0.25) is 5.82 Å². The second-order valence-electron chi connectivity index (χ2n) is 6.01. The summed E-state index contributed by atoms with van der Waals surface area (Å²) in [6.07, 6.45) is 3.90. The van der Waals surface area contributed by atoms with Gasteiger partial charge in [0.15, 0.2) is 0 Å². The van der Waals surface area contributed by atoms with E-state index in [1.165, 1.54) is 0 Å². The number of benzene rings is 1. The van der Waals surface area contributed by atoms with E-state index in [0.29, 0.717) is 26.1 Å². The summed E-state index contributed by atoms with van der Waals surface area (Å²) in [5.41, 5.74) is 0.247. The number of aromatic nitrogens is 2. The molecule has 1 aliphatic rings. The summed E-state index contributed by atoms with van der Waals surface area (Å²) in [4.78, 5) is 22.6. The van der Waals surface area contributed by atoms with Gasteiger partial charge < -0.3 is 19.7 Å². The molecular formula is C18H22N4O3. The molecule has 0 spiro atoms. The molecule has 1 aromatic carbocycles. The highest BCUT2D eigenvalue weighted by molar-refractivity contribution is 5.90. The van der Waals surface area contributed by atoms with Crippen LogP contribution in [0.1, 0.15) is 17.0 Å². The van der Waals surface area contributed by atoms with E-state index < -0.39 is 5.60 Å². The molecule has 1 N–H and O–H groups in total. The number of likely N-dealkylation sites (tertiary alicyclic amines) is 1. The molecule has 3 rings (SSSR count). The van der Waals surface area contributed by atoms with Gasteiger partial charge in [-0.1, -0.05) is 18.2 Å². The van der Waals surface area contributed by atoms with Gasteiger partial charge >= 0.3 is 0 Å². The first kappa shape index (κ1) is 17.2. The summed E-state index contributed by atoms with van der Waals surface area (Å²) in [5.74, 6) is 0.783. The minimum Gasteiger partial charge on any atom is -0.491 e. The molecule has 1 saturated heterocycles. The van der Waals surface area contributed by atoms with Crippen molar-refractivity contribution in [3.05, 3.63) is 48.5 Å². The molecule has 132 valence electrons. The molecule has 0 unspecified atom stereocenters. The van der Waals surface area contributed by atoms with Crippen LogP contribution in [-0.2, 0) is 4.74 Å². The van der Waals surface area contributed by atoms with Crippen LogP contribution in [0.15, 0.2) is 42.7 Å². The molecule has 1 amide bonds. The average molecular weight is 342 g/mol. The van der Waals surface area contributed by atoms with Gasteiger partial charge in [0, 0.05) is 20.7 Å². The summed E-state index contributed by atoms with van der Waals surface area (Å²) in [7, 11) is 3.43. The molecule has 0 bridgehead atoms. The Kier molecular flexibility index (Phi) is 5.14. The number of ether oxygens (including phenoxy) is 2. The van der Waals surface area contributed by atoms with Crippen LogP contribution in [0.5, 0.6) is 5.75 Å². The molecular weight excluding hydrogens is 320 g/mol. The van der Waals surface area contributed by atoms with Gasteiger partial charge in [-0.15, -0.1) is 0 Å². The number of anilines is 1. The van der Waals surface area contributed by atoms with Crippen molar-refractivity contribution in [1.29, 1.82) is 0 Å². The fraction of sp³-hybridized carbons (Fsp3) is 0.389. The Labute approximate surface area is 147 Å². The van der Waals surface area contributed by atoms with Crippen LogP contribution in [0.3, 0.4) is 0 Å². The Bertz CT molecular complexity index is 708. The predicted octanol–water partition coefficient (Wildman–Crippen LogP) is 1.83. The first-order chi connectivity index (χ1) is 12.2. The van der Waals surface area contributed by atoms with Gasteiger partial charge in [-0.25, -0.2) is 9.97 Å². The van der Waals surface area contributed by atoms with E-state index in [1.54, 1.807) is 31.5 Å². The molecule has 1 aliphatic heterocycles. The van der Waals surface area contributed by atoms with Crippen LogP contribution < -0.4 is 10.1 Å². The number of carbonyl (C=O) groups excluding carboxylic acids is 1. The quantitative estimate of drug-likeness (QED) is 0.863. The Balaban J connectivity index is 1.64. The highest BCUT2D eigenvalue weighted by atomic mass is 16.5. The Morgan fingerprint density at radius 1 is 1.28 bits per heavy atom. The molecule has 25 heavy (non-hydrogen) atoms. The summed E-state index contributed by atoms with van der Waals surface area (Å²) < 4.78 is 11.5. The molecule has 2 aromatic rings. The van der Waals surface area contributed by atoms with Crippen LogP contribution in [0.2, 0.25) is 0 Å². The zero-order chi connectivity index (χ0) is 17.7.